The van der Waals surface area contributed by atoms with Gasteiger partial charge in [-0.1, -0.05) is 29.8 Å². The number of hydrogen-bond donors (Lipinski definition) is 1. The number of thioether (sulfide) groups is 1. The average molecular weight is 356 g/mol. The molecule has 0 bridgehead atoms. The molecule has 1 saturated heterocycles. The summed E-state index contributed by atoms with van der Waals surface area (Å²) < 4.78 is 0. The van der Waals surface area contributed by atoms with Crippen molar-refractivity contribution >= 4 is 29.0 Å². The highest BCUT2D eigenvalue weighted by atomic mass is 32.2. The average Bonchev–Trinajstić information content (AvgIpc) is 2.64. The van der Waals surface area contributed by atoms with E-state index in [0.717, 1.165) is 41.7 Å². The Balaban J connectivity index is 1.83. The van der Waals surface area contributed by atoms with Gasteiger partial charge in [0.05, 0.1) is 10.6 Å². The van der Waals surface area contributed by atoms with E-state index in [4.69, 9.17) is 0 Å². The second-order valence-corrected chi connectivity index (χ2v) is 7.04. The molecule has 0 atom stereocenters. The molecule has 0 aliphatic carbocycles. The monoisotopic (exact) mass is 356 g/mol. The van der Waals surface area contributed by atoms with Crippen LogP contribution in [0.3, 0.4) is 0 Å². The minimum Gasteiger partial charge on any atom is -0.353 e. The lowest BCUT2D eigenvalue weighted by atomic mass is 10.1. The van der Waals surface area contributed by atoms with E-state index in [1.54, 1.807) is 12.1 Å². The Labute approximate surface area is 151 Å². The second-order valence-electron chi connectivity index (χ2n) is 5.82. The topological polar surface area (TPSA) is 70.8 Å². The van der Waals surface area contributed by atoms with Crippen molar-refractivity contribution in [3.8, 4) is 0 Å². The normalized spacial score (nSPS) is 15.1. The fourth-order valence-corrected chi connectivity index (χ4v) is 3.47. The Morgan fingerprint density at radius 1 is 1.12 bits per heavy atom. The summed E-state index contributed by atoms with van der Waals surface area (Å²) in [6.45, 7) is 3.98. The zero-order valence-electron chi connectivity index (χ0n) is 14.0. The fourth-order valence-electron chi connectivity index (χ4n) is 2.57. The minimum absolute atomic E-state index is 0.0707. The van der Waals surface area contributed by atoms with Gasteiger partial charge < -0.3 is 4.90 Å². The van der Waals surface area contributed by atoms with Gasteiger partial charge in [0.1, 0.15) is 0 Å². The van der Waals surface area contributed by atoms with Crippen LogP contribution in [0, 0.1) is 17.0 Å². The number of benzene rings is 2. The van der Waals surface area contributed by atoms with Crippen molar-refractivity contribution in [3.63, 3.8) is 0 Å². The van der Waals surface area contributed by atoms with E-state index >= 15 is 0 Å². The number of anilines is 1. The number of nitro groups is 1. The Bertz CT molecular complexity index is 754. The van der Waals surface area contributed by atoms with Crippen molar-refractivity contribution in [1.82, 2.24) is 4.90 Å². The maximum Gasteiger partial charge on any atom is 0.269 e. The molecule has 0 amide bonds. The SMILES string of the molecule is Cc1ccc(/C(=N\Nc2ccc([N+](=O)[O-])cc2)N2CCSCC2)cc1. The van der Waals surface area contributed by atoms with E-state index in [1.807, 2.05) is 11.8 Å². The van der Waals surface area contributed by atoms with Crippen molar-refractivity contribution < 1.29 is 4.92 Å². The number of amidine groups is 1. The molecular formula is C18H20N4O2S. The summed E-state index contributed by atoms with van der Waals surface area (Å²) in [4.78, 5) is 12.6. The van der Waals surface area contributed by atoms with E-state index in [2.05, 4.69) is 46.6 Å². The van der Waals surface area contributed by atoms with Crippen LogP contribution >= 0.6 is 11.8 Å². The van der Waals surface area contributed by atoms with Gasteiger partial charge in [0.15, 0.2) is 5.84 Å². The largest absolute Gasteiger partial charge is 0.353 e. The molecule has 130 valence electrons. The molecule has 2 aromatic carbocycles. The molecule has 3 rings (SSSR count). The van der Waals surface area contributed by atoms with E-state index in [-0.39, 0.29) is 5.69 Å². The molecule has 7 heteroatoms. The Morgan fingerprint density at radius 2 is 1.76 bits per heavy atom. The van der Waals surface area contributed by atoms with Crippen LogP contribution < -0.4 is 5.43 Å². The highest BCUT2D eigenvalue weighted by molar-refractivity contribution is 7.99. The fraction of sp³-hybridized carbons (Fsp3) is 0.278. The molecule has 0 radical (unpaired) electrons. The van der Waals surface area contributed by atoms with E-state index in [1.165, 1.54) is 17.7 Å². The Morgan fingerprint density at radius 3 is 2.36 bits per heavy atom. The summed E-state index contributed by atoms with van der Waals surface area (Å²) in [5.74, 6) is 3.07. The van der Waals surface area contributed by atoms with Crippen molar-refractivity contribution in [2.24, 2.45) is 5.10 Å². The predicted molar refractivity (Wildman–Crippen MR) is 103 cm³/mol. The third-order valence-electron chi connectivity index (χ3n) is 3.99. The van der Waals surface area contributed by atoms with Crippen molar-refractivity contribution in [2.75, 3.05) is 30.0 Å². The minimum atomic E-state index is -0.407. The molecule has 1 N–H and O–H groups in total. The van der Waals surface area contributed by atoms with Gasteiger partial charge >= 0.3 is 0 Å². The number of nitrogens with zero attached hydrogens (tertiary/aromatic N) is 3. The van der Waals surface area contributed by atoms with Gasteiger partial charge in [-0.15, -0.1) is 0 Å². The smallest absolute Gasteiger partial charge is 0.269 e. The number of aryl methyl sites for hydroxylation is 1. The van der Waals surface area contributed by atoms with Crippen molar-refractivity contribution in [2.45, 2.75) is 6.92 Å². The maximum absolute atomic E-state index is 10.7. The van der Waals surface area contributed by atoms with Gasteiger partial charge in [0, 0.05) is 42.3 Å². The van der Waals surface area contributed by atoms with E-state index in [9.17, 15) is 10.1 Å². The molecule has 0 unspecified atom stereocenters. The first-order valence-corrected chi connectivity index (χ1v) is 9.27. The lowest BCUT2D eigenvalue weighted by Crippen LogP contribution is -2.39. The van der Waals surface area contributed by atoms with Crippen LogP contribution in [0.5, 0.6) is 0 Å². The number of hydrazone groups is 1. The van der Waals surface area contributed by atoms with Crippen LogP contribution in [-0.2, 0) is 0 Å². The third kappa shape index (κ3) is 4.51. The first-order chi connectivity index (χ1) is 12.1. The Hall–Kier alpha value is -2.54. The molecule has 6 nitrogen and oxygen atoms in total. The van der Waals surface area contributed by atoms with Gasteiger partial charge in [0.25, 0.3) is 5.69 Å². The van der Waals surface area contributed by atoms with Gasteiger partial charge in [0.2, 0.25) is 0 Å². The summed E-state index contributed by atoms with van der Waals surface area (Å²) in [6, 6.07) is 14.6. The predicted octanol–water partition coefficient (Wildman–Crippen LogP) is 3.73. The Kier molecular flexibility index (Phi) is 5.55. The van der Waals surface area contributed by atoms with Crippen molar-refractivity contribution in [1.29, 1.82) is 0 Å². The van der Waals surface area contributed by atoms with Gasteiger partial charge in [-0.3, -0.25) is 15.5 Å². The first kappa shape index (κ1) is 17.3. The van der Waals surface area contributed by atoms with Crippen LogP contribution in [-0.4, -0.2) is 40.3 Å². The third-order valence-corrected chi connectivity index (χ3v) is 4.93. The number of hydrogen-bond acceptors (Lipinski definition) is 5. The molecule has 25 heavy (non-hydrogen) atoms. The highest BCUT2D eigenvalue weighted by Crippen LogP contribution is 2.18. The quantitative estimate of drug-likeness (QED) is 0.391. The van der Waals surface area contributed by atoms with E-state index < -0.39 is 4.92 Å². The van der Waals surface area contributed by atoms with Gasteiger partial charge in [-0.25, -0.2) is 0 Å². The molecule has 1 fully saturated rings. The number of nitrogens with one attached hydrogen (secondary N) is 1. The first-order valence-electron chi connectivity index (χ1n) is 8.11. The lowest BCUT2D eigenvalue weighted by Gasteiger charge is -2.29. The lowest BCUT2D eigenvalue weighted by molar-refractivity contribution is -0.384. The number of nitro benzene ring substituents is 1. The molecule has 1 heterocycles. The molecule has 1 aliphatic rings. The van der Waals surface area contributed by atoms with Crippen LogP contribution in [0.4, 0.5) is 11.4 Å². The van der Waals surface area contributed by atoms with Gasteiger partial charge in [-0.05, 0) is 19.1 Å². The molecule has 0 saturated carbocycles. The van der Waals surface area contributed by atoms with Crippen LogP contribution in [0.1, 0.15) is 11.1 Å². The van der Waals surface area contributed by atoms with Crippen molar-refractivity contribution in [3.05, 3.63) is 69.8 Å². The molecule has 0 aromatic heterocycles. The van der Waals surface area contributed by atoms with Gasteiger partial charge in [-0.2, -0.15) is 16.9 Å². The van der Waals surface area contributed by atoms with Crippen LogP contribution in [0.25, 0.3) is 0 Å². The summed E-state index contributed by atoms with van der Waals surface area (Å²) in [7, 11) is 0. The molecule has 2 aromatic rings. The molecule has 1 aliphatic heterocycles. The van der Waals surface area contributed by atoms with Crippen LogP contribution in [0.15, 0.2) is 53.6 Å². The second kappa shape index (κ2) is 8.02. The number of rotatable bonds is 4. The molecule has 0 spiro atoms. The summed E-state index contributed by atoms with van der Waals surface area (Å²) in [5, 5.41) is 15.4. The van der Waals surface area contributed by atoms with E-state index in [0.29, 0.717) is 0 Å². The summed E-state index contributed by atoms with van der Waals surface area (Å²) >= 11 is 1.95. The maximum atomic E-state index is 10.7. The highest BCUT2D eigenvalue weighted by Gasteiger charge is 2.17. The number of non-ortho nitro benzene ring substituents is 1. The molecular weight excluding hydrogens is 336 g/mol. The summed E-state index contributed by atoms with van der Waals surface area (Å²) in [6.07, 6.45) is 0. The zero-order valence-corrected chi connectivity index (χ0v) is 14.8. The van der Waals surface area contributed by atoms with Crippen LogP contribution in [0.2, 0.25) is 0 Å². The summed E-state index contributed by atoms with van der Waals surface area (Å²) in [5.41, 5.74) is 6.10. The zero-order chi connectivity index (χ0) is 17.6. The standard InChI is InChI=1S/C18H20N4O2S/c1-14-2-4-15(5-3-14)18(21-10-12-25-13-11-21)20-19-16-6-8-17(9-7-16)22(23)24/h2-9,19H,10-13H2,1H3/b20-18+.